The largest absolute Gasteiger partial charge is 0.461 e. The summed E-state index contributed by atoms with van der Waals surface area (Å²) in [5, 5.41) is 0. The van der Waals surface area contributed by atoms with Crippen molar-refractivity contribution >= 4 is 23.7 Å². The molecule has 0 aliphatic rings. The fourth-order valence-electron chi connectivity index (χ4n) is 3.51. The van der Waals surface area contributed by atoms with E-state index in [-0.39, 0.29) is 51.3 Å². The lowest BCUT2D eigenvalue weighted by Gasteiger charge is -2.15. The van der Waals surface area contributed by atoms with Gasteiger partial charge in [0.25, 0.3) is 0 Å². The number of rotatable bonds is 14. The van der Waals surface area contributed by atoms with Crippen LogP contribution in [0.2, 0.25) is 0 Å². The maximum absolute atomic E-state index is 12.8. The van der Waals surface area contributed by atoms with Gasteiger partial charge in [-0.1, -0.05) is 91.0 Å². The number of carbonyl (C=O) groups is 4. The molecule has 7 nitrogen and oxygen atoms in total. The van der Waals surface area contributed by atoms with Crippen molar-refractivity contribution in [2.24, 2.45) is 5.92 Å². The first-order valence-electron chi connectivity index (χ1n) is 12.1. The van der Waals surface area contributed by atoms with Crippen LogP contribution in [0.15, 0.2) is 91.0 Å². The van der Waals surface area contributed by atoms with Gasteiger partial charge in [0.1, 0.15) is 25.6 Å². The molecule has 3 aromatic carbocycles. The quantitative estimate of drug-likeness (QED) is 0.227. The first kappa shape index (κ1) is 27.3. The average molecular weight is 503 g/mol. The molecular weight excluding hydrogens is 472 g/mol. The van der Waals surface area contributed by atoms with E-state index in [1.54, 1.807) is 0 Å². The second-order valence-electron chi connectivity index (χ2n) is 8.53. The average Bonchev–Trinajstić information content (AvgIpc) is 2.94. The molecule has 192 valence electrons. The van der Waals surface area contributed by atoms with E-state index >= 15 is 0 Å². The van der Waals surface area contributed by atoms with Crippen LogP contribution in [-0.4, -0.2) is 23.7 Å². The van der Waals surface area contributed by atoms with Gasteiger partial charge < -0.3 is 14.2 Å². The Kier molecular flexibility index (Phi) is 11.1. The molecule has 0 radical (unpaired) electrons. The van der Waals surface area contributed by atoms with Crippen molar-refractivity contribution in [2.45, 2.75) is 45.5 Å². The summed E-state index contributed by atoms with van der Waals surface area (Å²) in [7, 11) is 0. The molecule has 0 aromatic heterocycles. The zero-order valence-electron chi connectivity index (χ0n) is 20.5. The minimum atomic E-state index is -1.01. The molecule has 0 N–H and O–H groups in total. The highest BCUT2D eigenvalue weighted by atomic mass is 16.5. The van der Waals surface area contributed by atoms with Gasteiger partial charge in [0.2, 0.25) is 0 Å². The number of Topliss-reactive ketones (excluding diaryl/α,β-unsaturated/α-hetero) is 1. The molecule has 37 heavy (non-hydrogen) atoms. The van der Waals surface area contributed by atoms with E-state index < -0.39 is 23.8 Å². The Morgan fingerprint density at radius 3 is 1.43 bits per heavy atom. The smallest absolute Gasteiger partial charge is 0.310 e. The molecule has 0 aliphatic carbocycles. The first-order valence-corrected chi connectivity index (χ1v) is 12.1. The van der Waals surface area contributed by atoms with Gasteiger partial charge in [-0.05, 0) is 16.7 Å². The summed E-state index contributed by atoms with van der Waals surface area (Å²) < 4.78 is 15.9. The number of carbonyl (C=O) groups excluding carboxylic acids is 4. The molecule has 0 saturated heterocycles. The van der Waals surface area contributed by atoms with Gasteiger partial charge in [-0.25, -0.2) is 0 Å². The van der Waals surface area contributed by atoms with Crippen molar-refractivity contribution in [1.82, 2.24) is 0 Å². The van der Waals surface area contributed by atoms with E-state index in [2.05, 4.69) is 0 Å². The van der Waals surface area contributed by atoms with Gasteiger partial charge >= 0.3 is 17.9 Å². The molecule has 0 bridgehead atoms. The Labute approximate surface area is 216 Å². The molecule has 0 heterocycles. The number of esters is 3. The van der Waals surface area contributed by atoms with Crippen molar-refractivity contribution in [2.75, 3.05) is 0 Å². The third-order valence-corrected chi connectivity index (χ3v) is 5.54. The Morgan fingerprint density at radius 2 is 0.946 bits per heavy atom. The summed E-state index contributed by atoms with van der Waals surface area (Å²) in [6, 6.07) is 27.5. The Balaban J connectivity index is 1.51. The fourth-order valence-corrected chi connectivity index (χ4v) is 3.51. The van der Waals surface area contributed by atoms with E-state index in [1.807, 2.05) is 91.0 Å². The summed E-state index contributed by atoms with van der Waals surface area (Å²) in [4.78, 5) is 49.9. The molecular formula is C30H30O7. The summed E-state index contributed by atoms with van der Waals surface area (Å²) in [5.41, 5.74) is 2.44. The van der Waals surface area contributed by atoms with Gasteiger partial charge in [0, 0.05) is 12.8 Å². The normalized spacial score (nSPS) is 11.2. The highest BCUT2D eigenvalue weighted by Crippen LogP contribution is 2.17. The maximum atomic E-state index is 12.8. The van der Waals surface area contributed by atoms with Crippen LogP contribution in [0.4, 0.5) is 0 Å². The lowest BCUT2D eigenvalue weighted by atomic mass is 9.97. The molecule has 7 heteroatoms. The van der Waals surface area contributed by atoms with Crippen molar-refractivity contribution in [3.63, 3.8) is 0 Å². The van der Waals surface area contributed by atoms with Crippen LogP contribution in [0.1, 0.15) is 42.4 Å². The molecule has 3 aromatic rings. The van der Waals surface area contributed by atoms with E-state index in [4.69, 9.17) is 14.2 Å². The Morgan fingerprint density at radius 1 is 0.514 bits per heavy atom. The van der Waals surface area contributed by atoms with Crippen LogP contribution >= 0.6 is 0 Å². The molecule has 0 fully saturated rings. The predicted octanol–water partition coefficient (Wildman–Crippen LogP) is 4.96. The lowest BCUT2D eigenvalue weighted by molar-refractivity contribution is -0.157. The van der Waals surface area contributed by atoms with E-state index in [1.165, 1.54) is 0 Å². The van der Waals surface area contributed by atoms with E-state index in [0.717, 1.165) is 16.7 Å². The second-order valence-corrected chi connectivity index (χ2v) is 8.53. The van der Waals surface area contributed by atoms with Gasteiger partial charge in [0.15, 0.2) is 0 Å². The molecule has 1 atom stereocenters. The molecule has 0 amide bonds. The summed E-state index contributed by atoms with van der Waals surface area (Å²) in [6.45, 7) is 0.206. The number of ether oxygens (including phenoxy) is 3. The second kappa shape index (κ2) is 15.0. The van der Waals surface area contributed by atoms with Crippen molar-refractivity contribution in [1.29, 1.82) is 0 Å². The predicted molar refractivity (Wildman–Crippen MR) is 136 cm³/mol. The standard InChI is InChI=1S/C30H30O7/c31-27(16-17-28(32)35-20-23-10-4-1-5-11-23)18-26(30(34)37-22-25-14-8-3-9-15-25)19-29(33)36-21-24-12-6-2-7-13-24/h1-15,26H,16-22H2. The number of ketones is 1. The van der Waals surface area contributed by atoms with Crippen LogP contribution in [0.25, 0.3) is 0 Å². The highest BCUT2D eigenvalue weighted by Gasteiger charge is 2.27. The van der Waals surface area contributed by atoms with Gasteiger partial charge in [-0.2, -0.15) is 0 Å². The number of hydrogen-bond acceptors (Lipinski definition) is 7. The Hall–Kier alpha value is -4.26. The first-order chi connectivity index (χ1) is 18.0. The maximum Gasteiger partial charge on any atom is 0.310 e. The number of hydrogen-bond donors (Lipinski definition) is 0. The summed E-state index contributed by atoms with van der Waals surface area (Å²) >= 11 is 0. The minimum absolute atomic E-state index is 0.0231. The minimum Gasteiger partial charge on any atom is -0.461 e. The molecule has 0 aliphatic heterocycles. The van der Waals surface area contributed by atoms with Crippen molar-refractivity contribution < 1.29 is 33.4 Å². The van der Waals surface area contributed by atoms with Gasteiger partial charge in [0.05, 0.1) is 18.8 Å². The van der Waals surface area contributed by atoms with E-state index in [0.29, 0.717) is 0 Å². The summed E-state index contributed by atoms with van der Waals surface area (Å²) in [5.74, 6) is -3.14. The zero-order chi connectivity index (χ0) is 26.3. The van der Waals surface area contributed by atoms with Crippen LogP contribution < -0.4 is 0 Å². The highest BCUT2D eigenvalue weighted by molar-refractivity contribution is 5.88. The van der Waals surface area contributed by atoms with Crippen LogP contribution in [0, 0.1) is 5.92 Å². The zero-order valence-corrected chi connectivity index (χ0v) is 20.5. The lowest BCUT2D eigenvalue weighted by Crippen LogP contribution is -2.25. The van der Waals surface area contributed by atoms with Crippen LogP contribution in [0.5, 0.6) is 0 Å². The Bertz CT molecular complexity index is 1140. The molecule has 0 spiro atoms. The monoisotopic (exact) mass is 502 g/mol. The SMILES string of the molecule is O=C(CCC(=O)OCc1ccccc1)CC(CC(=O)OCc1ccccc1)C(=O)OCc1ccccc1. The summed E-state index contributed by atoms with van der Waals surface area (Å²) in [6.07, 6.45) is -0.754. The van der Waals surface area contributed by atoms with Gasteiger partial charge in [-0.3, -0.25) is 19.2 Å². The van der Waals surface area contributed by atoms with Crippen LogP contribution in [-0.2, 0) is 53.2 Å². The fraction of sp³-hybridized carbons (Fsp3) is 0.267. The van der Waals surface area contributed by atoms with Crippen molar-refractivity contribution in [3.8, 4) is 0 Å². The van der Waals surface area contributed by atoms with E-state index in [9.17, 15) is 19.2 Å². The molecule has 1 unspecified atom stereocenters. The molecule has 3 rings (SSSR count). The van der Waals surface area contributed by atoms with Crippen molar-refractivity contribution in [3.05, 3.63) is 108 Å². The topological polar surface area (TPSA) is 96.0 Å². The molecule has 0 saturated carbocycles. The van der Waals surface area contributed by atoms with Crippen LogP contribution in [0.3, 0.4) is 0 Å². The third-order valence-electron chi connectivity index (χ3n) is 5.54. The number of benzene rings is 3. The van der Waals surface area contributed by atoms with Gasteiger partial charge in [-0.15, -0.1) is 0 Å². The third kappa shape index (κ3) is 10.5.